The summed E-state index contributed by atoms with van der Waals surface area (Å²) in [5.41, 5.74) is 3.91. The van der Waals surface area contributed by atoms with E-state index in [9.17, 15) is 9.18 Å². The van der Waals surface area contributed by atoms with Crippen LogP contribution in [0, 0.1) is 5.82 Å². The van der Waals surface area contributed by atoms with E-state index in [-0.39, 0.29) is 11.7 Å². The molecule has 2 aromatic carbocycles. The molecule has 3 nitrogen and oxygen atoms in total. The Morgan fingerprint density at radius 3 is 2.71 bits per heavy atom. The van der Waals surface area contributed by atoms with E-state index < -0.39 is 0 Å². The Balaban J connectivity index is 1.69. The van der Waals surface area contributed by atoms with Crippen molar-refractivity contribution < 1.29 is 9.18 Å². The molecule has 0 radical (unpaired) electrons. The number of benzene rings is 2. The maximum absolute atomic E-state index is 13.7. The minimum atomic E-state index is -0.259. The van der Waals surface area contributed by atoms with Crippen LogP contribution in [0.1, 0.15) is 24.8 Å². The fourth-order valence-electron chi connectivity index (χ4n) is 3.10. The summed E-state index contributed by atoms with van der Waals surface area (Å²) in [6.07, 6.45) is 3.17. The Morgan fingerprint density at radius 1 is 1.17 bits per heavy atom. The topological polar surface area (TPSA) is 44.9 Å². The fourth-order valence-corrected chi connectivity index (χ4v) is 3.10. The summed E-state index contributed by atoms with van der Waals surface area (Å²) in [5, 5.41) is 3.87. The Hall–Kier alpha value is -2.62. The van der Waals surface area contributed by atoms with Crippen LogP contribution in [0.3, 0.4) is 0 Å². The molecular formula is C20H19FN2O. The molecule has 0 unspecified atom stereocenters. The Kier molecular flexibility index (Phi) is 3.81. The third-order valence-corrected chi connectivity index (χ3v) is 4.48. The van der Waals surface area contributed by atoms with Crippen molar-refractivity contribution >= 4 is 16.8 Å². The SMILES string of the molecule is O=C(CCc1c(-c2ccccc2)[nH]c2ccc(F)cc12)NC1CC1. The normalized spacial score (nSPS) is 14.0. The summed E-state index contributed by atoms with van der Waals surface area (Å²) < 4.78 is 13.7. The number of amides is 1. The van der Waals surface area contributed by atoms with Crippen LogP contribution < -0.4 is 5.32 Å². The Morgan fingerprint density at radius 2 is 1.96 bits per heavy atom. The molecule has 1 heterocycles. The third-order valence-electron chi connectivity index (χ3n) is 4.48. The van der Waals surface area contributed by atoms with Gasteiger partial charge in [-0.05, 0) is 48.6 Å². The van der Waals surface area contributed by atoms with Crippen molar-refractivity contribution in [3.8, 4) is 11.3 Å². The fraction of sp³-hybridized carbons (Fsp3) is 0.250. The number of carbonyl (C=O) groups excluding carboxylic acids is 1. The van der Waals surface area contributed by atoms with Crippen molar-refractivity contribution in [1.29, 1.82) is 0 Å². The van der Waals surface area contributed by atoms with Crippen LogP contribution in [0.15, 0.2) is 48.5 Å². The van der Waals surface area contributed by atoms with Crippen molar-refractivity contribution in [3.63, 3.8) is 0 Å². The Bertz CT molecular complexity index is 881. The molecule has 0 saturated heterocycles. The smallest absolute Gasteiger partial charge is 0.220 e. The van der Waals surface area contributed by atoms with E-state index in [1.807, 2.05) is 30.3 Å². The number of aryl methyl sites for hydroxylation is 1. The minimum absolute atomic E-state index is 0.0715. The van der Waals surface area contributed by atoms with E-state index in [1.165, 1.54) is 6.07 Å². The molecule has 122 valence electrons. The molecule has 0 bridgehead atoms. The van der Waals surface area contributed by atoms with E-state index in [0.29, 0.717) is 18.9 Å². The summed E-state index contributed by atoms with van der Waals surface area (Å²) >= 11 is 0. The lowest BCUT2D eigenvalue weighted by atomic mass is 10.0. The van der Waals surface area contributed by atoms with Crippen LogP contribution >= 0.6 is 0 Å². The van der Waals surface area contributed by atoms with Crippen molar-refractivity contribution in [2.75, 3.05) is 0 Å². The molecule has 0 spiro atoms. The first kappa shape index (κ1) is 14.9. The number of nitrogens with one attached hydrogen (secondary N) is 2. The quantitative estimate of drug-likeness (QED) is 0.727. The second-order valence-electron chi connectivity index (χ2n) is 6.38. The zero-order valence-corrected chi connectivity index (χ0v) is 13.3. The highest BCUT2D eigenvalue weighted by molar-refractivity contribution is 5.91. The van der Waals surface area contributed by atoms with Crippen LogP contribution in [0.2, 0.25) is 0 Å². The highest BCUT2D eigenvalue weighted by atomic mass is 19.1. The van der Waals surface area contributed by atoms with Crippen molar-refractivity contribution in [3.05, 3.63) is 59.9 Å². The molecule has 1 aliphatic carbocycles. The van der Waals surface area contributed by atoms with Gasteiger partial charge in [0.15, 0.2) is 0 Å². The number of aromatic amines is 1. The van der Waals surface area contributed by atoms with Gasteiger partial charge in [0.1, 0.15) is 5.82 Å². The van der Waals surface area contributed by atoms with E-state index in [4.69, 9.17) is 0 Å². The largest absolute Gasteiger partial charge is 0.354 e. The summed E-state index contributed by atoms with van der Waals surface area (Å²) in [6, 6.07) is 15.1. The molecular weight excluding hydrogens is 303 g/mol. The molecule has 4 rings (SSSR count). The van der Waals surface area contributed by atoms with Gasteiger partial charge in [0.05, 0.1) is 0 Å². The number of H-pyrrole nitrogens is 1. The molecule has 1 aromatic heterocycles. The first-order valence-electron chi connectivity index (χ1n) is 8.35. The van der Waals surface area contributed by atoms with E-state index in [0.717, 1.165) is 40.6 Å². The highest BCUT2D eigenvalue weighted by Gasteiger charge is 2.23. The molecule has 24 heavy (non-hydrogen) atoms. The summed E-state index contributed by atoms with van der Waals surface area (Å²) in [5.74, 6) is -0.188. The number of aromatic nitrogens is 1. The van der Waals surface area contributed by atoms with Crippen LogP contribution in [0.5, 0.6) is 0 Å². The Labute approximate surface area is 139 Å². The van der Waals surface area contributed by atoms with Gasteiger partial charge in [-0.1, -0.05) is 30.3 Å². The number of fused-ring (bicyclic) bond motifs is 1. The van der Waals surface area contributed by atoms with Gasteiger partial charge >= 0.3 is 0 Å². The van der Waals surface area contributed by atoms with Crippen LogP contribution in [-0.2, 0) is 11.2 Å². The summed E-state index contributed by atoms with van der Waals surface area (Å²) in [4.78, 5) is 15.4. The zero-order valence-electron chi connectivity index (χ0n) is 13.3. The molecule has 1 aliphatic rings. The van der Waals surface area contributed by atoms with Crippen LogP contribution in [0.4, 0.5) is 4.39 Å². The summed E-state index contributed by atoms with van der Waals surface area (Å²) in [7, 11) is 0. The van der Waals surface area contributed by atoms with Gasteiger partial charge in [0, 0.05) is 29.1 Å². The van der Waals surface area contributed by atoms with Gasteiger partial charge < -0.3 is 10.3 Å². The van der Waals surface area contributed by atoms with Crippen molar-refractivity contribution in [2.45, 2.75) is 31.7 Å². The van der Waals surface area contributed by atoms with E-state index in [2.05, 4.69) is 10.3 Å². The minimum Gasteiger partial charge on any atom is -0.354 e. The summed E-state index contributed by atoms with van der Waals surface area (Å²) in [6.45, 7) is 0. The molecule has 2 N–H and O–H groups in total. The van der Waals surface area contributed by atoms with Crippen LogP contribution in [0.25, 0.3) is 22.2 Å². The predicted octanol–water partition coefficient (Wildman–Crippen LogP) is 4.19. The van der Waals surface area contributed by atoms with Gasteiger partial charge in [-0.15, -0.1) is 0 Å². The molecule has 0 aliphatic heterocycles. The molecule has 4 heteroatoms. The van der Waals surface area contributed by atoms with Gasteiger partial charge in [0.25, 0.3) is 0 Å². The lowest BCUT2D eigenvalue weighted by molar-refractivity contribution is -0.121. The zero-order chi connectivity index (χ0) is 16.5. The van der Waals surface area contributed by atoms with Gasteiger partial charge in [-0.25, -0.2) is 4.39 Å². The van der Waals surface area contributed by atoms with Crippen LogP contribution in [-0.4, -0.2) is 16.9 Å². The third kappa shape index (κ3) is 3.04. The predicted molar refractivity (Wildman–Crippen MR) is 93.2 cm³/mol. The second kappa shape index (κ2) is 6.11. The van der Waals surface area contributed by atoms with E-state index >= 15 is 0 Å². The first-order chi connectivity index (χ1) is 11.7. The number of halogens is 1. The number of hydrogen-bond donors (Lipinski definition) is 2. The van der Waals surface area contributed by atoms with E-state index in [1.54, 1.807) is 12.1 Å². The molecule has 1 saturated carbocycles. The van der Waals surface area contributed by atoms with Gasteiger partial charge in [-0.2, -0.15) is 0 Å². The van der Waals surface area contributed by atoms with Crippen molar-refractivity contribution in [2.24, 2.45) is 0 Å². The highest BCUT2D eigenvalue weighted by Crippen LogP contribution is 2.32. The molecule has 1 fully saturated rings. The standard InChI is InChI=1S/C20H19FN2O/c21-14-6-10-18-17(12-14)16(9-11-19(24)22-15-7-8-15)20(23-18)13-4-2-1-3-5-13/h1-6,10,12,15,23H,7-9,11H2,(H,22,24). The molecule has 1 amide bonds. The van der Waals surface area contributed by atoms with Crippen molar-refractivity contribution in [1.82, 2.24) is 10.3 Å². The maximum atomic E-state index is 13.7. The first-order valence-corrected chi connectivity index (χ1v) is 8.35. The lowest BCUT2D eigenvalue weighted by Crippen LogP contribution is -2.25. The number of hydrogen-bond acceptors (Lipinski definition) is 1. The lowest BCUT2D eigenvalue weighted by Gasteiger charge is -2.06. The number of carbonyl (C=O) groups is 1. The second-order valence-corrected chi connectivity index (χ2v) is 6.38. The van der Waals surface area contributed by atoms with Gasteiger partial charge in [0.2, 0.25) is 5.91 Å². The monoisotopic (exact) mass is 322 g/mol. The maximum Gasteiger partial charge on any atom is 0.220 e. The van der Waals surface area contributed by atoms with Gasteiger partial charge in [-0.3, -0.25) is 4.79 Å². The molecule has 3 aromatic rings. The average Bonchev–Trinajstić information content (AvgIpc) is 3.33. The molecule has 0 atom stereocenters. The number of rotatable bonds is 5. The average molecular weight is 322 g/mol.